The van der Waals surface area contributed by atoms with Crippen molar-refractivity contribution in [3.05, 3.63) is 57.3 Å². The van der Waals surface area contributed by atoms with Gasteiger partial charge < -0.3 is 0 Å². The fraction of sp³-hybridized carbons (Fsp3) is 0.158. The first-order valence-corrected chi connectivity index (χ1v) is 10.9. The average molecular weight is 519 g/mol. The molecule has 0 radical (unpaired) electrons. The Bertz CT molecular complexity index is 1200. The minimum Gasteiger partial charge on any atom is -0.284 e. The monoisotopic (exact) mass is 519 g/mol. The molecule has 9 heteroatoms. The lowest BCUT2D eigenvalue weighted by Crippen LogP contribution is -2.25. The Hall–Kier alpha value is -2.01. The van der Waals surface area contributed by atoms with Gasteiger partial charge in [-0.05, 0) is 65.4 Å². The number of alkyl halides is 3. The van der Waals surface area contributed by atoms with Crippen molar-refractivity contribution in [2.75, 3.05) is 6.26 Å². The molecular formula is C19H13F3INO3S. The Morgan fingerprint density at radius 1 is 1.07 bits per heavy atom. The number of aryl methyl sites for hydroxylation is 1. The van der Waals surface area contributed by atoms with E-state index in [4.69, 9.17) is 0 Å². The van der Waals surface area contributed by atoms with Gasteiger partial charge in [0.1, 0.15) is 0 Å². The lowest BCUT2D eigenvalue weighted by Gasteiger charge is -2.17. The van der Waals surface area contributed by atoms with Crippen LogP contribution in [-0.4, -0.2) is 31.6 Å². The molecule has 146 valence electrons. The molecular weight excluding hydrogens is 506 g/mol. The highest BCUT2D eigenvalue weighted by atomic mass is 127. The van der Waals surface area contributed by atoms with E-state index in [0.717, 1.165) is 9.83 Å². The fourth-order valence-electron chi connectivity index (χ4n) is 2.95. The molecule has 1 aromatic heterocycles. The van der Waals surface area contributed by atoms with Crippen LogP contribution < -0.4 is 0 Å². The summed E-state index contributed by atoms with van der Waals surface area (Å²) >= 11 is 2.02. The van der Waals surface area contributed by atoms with Crippen LogP contribution in [0.15, 0.2) is 47.4 Å². The molecule has 0 saturated heterocycles. The number of aromatic nitrogens is 1. The van der Waals surface area contributed by atoms with Gasteiger partial charge in [0.05, 0.1) is 16.0 Å². The van der Waals surface area contributed by atoms with Gasteiger partial charge in [-0.3, -0.25) is 9.78 Å². The Morgan fingerprint density at radius 2 is 1.68 bits per heavy atom. The van der Waals surface area contributed by atoms with Crippen LogP contribution in [0.3, 0.4) is 0 Å². The summed E-state index contributed by atoms with van der Waals surface area (Å²) in [6, 6.07) is 10.5. The minimum atomic E-state index is -5.07. The van der Waals surface area contributed by atoms with Gasteiger partial charge in [0.2, 0.25) is 0 Å². The number of hydrogen-bond donors (Lipinski definition) is 0. The largest absolute Gasteiger partial charge is 0.454 e. The Balaban J connectivity index is 2.41. The molecule has 0 saturated carbocycles. The summed E-state index contributed by atoms with van der Waals surface area (Å²) in [7, 11) is -3.47. The van der Waals surface area contributed by atoms with Crippen LogP contribution in [0.2, 0.25) is 0 Å². The maximum Gasteiger partial charge on any atom is 0.454 e. The molecule has 0 spiro atoms. The number of carbonyl (C=O) groups excluding carboxylic acids is 1. The van der Waals surface area contributed by atoms with Gasteiger partial charge in [0.25, 0.3) is 5.78 Å². The second-order valence-corrected chi connectivity index (χ2v) is 9.49. The van der Waals surface area contributed by atoms with Crippen molar-refractivity contribution in [2.45, 2.75) is 18.0 Å². The summed E-state index contributed by atoms with van der Waals surface area (Å²) in [5, 5.41) is 0.386. The lowest BCUT2D eigenvalue weighted by atomic mass is 9.92. The van der Waals surface area contributed by atoms with Crippen LogP contribution in [0, 0.1) is 10.5 Å². The van der Waals surface area contributed by atoms with Crippen molar-refractivity contribution in [3.63, 3.8) is 0 Å². The van der Waals surface area contributed by atoms with Crippen LogP contribution >= 0.6 is 22.6 Å². The first-order valence-electron chi connectivity index (χ1n) is 7.91. The molecule has 3 rings (SSSR count). The van der Waals surface area contributed by atoms with Gasteiger partial charge in [-0.1, -0.05) is 12.1 Å². The predicted molar refractivity (Wildman–Crippen MR) is 108 cm³/mol. The van der Waals surface area contributed by atoms with E-state index in [-0.39, 0.29) is 16.2 Å². The second-order valence-electron chi connectivity index (χ2n) is 6.23. The van der Waals surface area contributed by atoms with E-state index >= 15 is 0 Å². The first kappa shape index (κ1) is 20.7. The van der Waals surface area contributed by atoms with E-state index in [9.17, 15) is 26.4 Å². The van der Waals surface area contributed by atoms with E-state index < -0.39 is 27.4 Å². The number of ketones is 1. The predicted octanol–water partition coefficient (Wildman–Crippen LogP) is 4.96. The molecule has 0 aliphatic rings. The molecule has 28 heavy (non-hydrogen) atoms. The highest BCUT2D eigenvalue weighted by Gasteiger charge is 2.42. The third kappa shape index (κ3) is 3.90. The number of sulfone groups is 1. The number of nitrogens with zero attached hydrogens (tertiary/aromatic N) is 1. The van der Waals surface area contributed by atoms with Gasteiger partial charge in [0.15, 0.2) is 9.84 Å². The van der Waals surface area contributed by atoms with Crippen molar-refractivity contribution < 1.29 is 26.4 Å². The van der Waals surface area contributed by atoms with Crippen LogP contribution in [0.5, 0.6) is 0 Å². The topological polar surface area (TPSA) is 64.1 Å². The van der Waals surface area contributed by atoms with E-state index in [2.05, 4.69) is 4.98 Å². The van der Waals surface area contributed by atoms with Crippen molar-refractivity contribution in [2.24, 2.45) is 0 Å². The molecule has 0 aliphatic heterocycles. The SMILES string of the molecule is Cc1nc2ccc(I)cc2c(-c2ccc(S(C)(=O)=O)cc2)c1C(=O)C(F)(F)F. The zero-order chi connectivity index (χ0) is 20.9. The molecule has 0 N–H and O–H groups in total. The molecule has 4 nitrogen and oxygen atoms in total. The van der Waals surface area contributed by atoms with Crippen molar-refractivity contribution >= 4 is 49.1 Å². The molecule has 0 aliphatic carbocycles. The van der Waals surface area contributed by atoms with Gasteiger partial charge in [0, 0.05) is 26.5 Å². The minimum absolute atomic E-state index is 0.0320. The standard InChI is InChI=1S/C19H13F3INO3S/c1-10-16(18(25)19(20,21)22)17(14-9-12(23)5-8-15(14)24-10)11-3-6-13(7-4-11)28(2,26)27/h3-9H,1-2H3. The average Bonchev–Trinajstić information content (AvgIpc) is 2.59. The van der Waals surface area contributed by atoms with Gasteiger partial charge >= 0.3 is 6.18 Å². The first-order chi connectivity index (χ1) is 12.9. The summed E-state index contributed by atoms with van der Waals surface area (Å²) < 4.78 is 63.9. The summed E-state index contributed by atoms with van der Waals surface area (Å²) in [5.74, 6) is -1.99. The van der Waals surface area contributed by atoms with E-state index in [0.29, 0.717) is 16.5 Å². The van der Waals surface area contributed by atoms with Crippen LogP contribution in [-0.2, 0) is 9.84 Å². The number of pyridine rings is 1. The maximum absolute atomic E-state index is 13.3. The van der Waals surface area contributed by atoms with E-state index in [1.807, 2.05) is 22.6 Å². The van der Waals surface area contributed by atoms with Gasteiger partial charge in [-0.2, -0.15) is 13.2 Å². The highest BCUT2D eigenvalue weighted by Crippen LogP contribution is 2.37. The van der Waals surface area contributed by atoms with Gasteiger partial charge in [-0.15, -0.1) is 0 Å². The van der Waals surface area contributed by atoms with Gasteiger partial charge in [-0.25, -0.2) is 8.42 Å². The quantitative estimate of drug-likeness (QED) is 0.363. The molecule has 0 fully saturated rings. The Kier molecular flexibility index (Phi) is 5.26. The number of hydrogen-bond acceptors (Lipinski definition) is 4. The third-order valence-corrected chi connectivity index (χ3v) is 5.98. The molecule has 0 amide bonds. The maximum atomic E-state index is 13.3. The van der Waals surface area contributed by atoms with E-state index in [1.54, 1.807) is 18.2 Å². The van der Waals surface area contributed by atoms with E-state index in [1.165, 1.54) is 31.2 Å². The molecule has 3 aromatic rings. The van der Waals surface area contributed by atoms with Crippen molar-refractivity contribution in [1.29, 1.82) is 0 Å². The number of fused-ring (bicyclic) bond motifs is 1. The number of benzene rings is 2. The molecule has 2 aromatic carbocycles. The molecule has 0 unspecified atom stereocenters. The van der Waals surface area contributed by atoms with Crippen LogP contribution in [0.4, 0.5) is 13.2 Å². The summed E-state index contributed by atoms with van der Waals surface area (Å²) in [5.41, 5.74) is 0.257. The number of Topliss-reactive ketones (excluding diaryl/α,β-unsaturated/α-hetero) is 1. The summed E-state index contributed by atoms with van der Waals surface area (Å²) in [6.07, 6.45) is -4.03. The zero-order valence-corrected chi connectivity index (χ0v) is 17.6. The third-order valence-electron chi connectivity index (χ3n) is 4.18. The van der Waals surface area contributed by atoms with Crippen molar-refractivity contribution in [3.8, 4) is 11.1 Å². The molecule has 0 atom stereocenters. The Morgan fingerprint density at radius 3 is 2.21 bits per heavy atom. The number of halogens is 4. The number of carbonyl (C=O) groups is 1. The van der Waals surface area contributed by atoms with Crippen molar-refractivity contribution in [1.82, 2.24) is 4.98 Å². The Labute approximate surface area is 172 Å². The lowest BCUT2D eigenvalue weighted by molar-refractivity contribution is -0.0885. The van der Waals surface area contributed by atoms with Crippen LogP contribution in [0.25, 0.3) is 22.0 Å². The normalized spacial score (nSPS) is 12.4. The summed E-state index contributed by atoms with van der Waals surface area (Å²) in [6.45, 7) is 1.35. The number of rotatable bonds is 3. The molecule has 0 bridgehead atoms. The highest BCUT2D eigenvalue weighted by molar-refractivity contribution is 14.1. The smallest absolute Gasteiger partial charge is 0.284 e. The zero-order valence-electron chi connectivity index (χ0n) is 14.6. The molecule has 1 heterocycles. The second kappa shape index (κ2) is 7.11. The summed E-state index contributed by atoms with van der Waals surface area (Å²) in [4.78, 5) is 16.4. The fourth-order valence-corrected chi connectivity index (χ4v) is 4.07. The van der Waals surface area contributed by atoms with Crippen LogP contribution in [0.1, 0.15) is 16.1 Å².